The maximum Gasteiger partial charge on any atom is 0.251 e. The Balaban J connectivity index is 1.34. The summed E-state index contributed by atoms with van der Waals surface area (Å²) in [6.07, 6.45) is 0. The second-order valence-corrected chi connectivity index (χ2v) is 7.19. The van der Waals surface area contributed by atoms with E-state index in [4.69, 9.17) is 0 Å². The van der Waals surface area contributed by atoms with Crippen molar-refractivity contribution in [1.29, 1.82) is 0 Å². The Morgan fingerprint density at radius 2 is 1.50 bits per heavy atom. The van der Waals surface area contributed by atoms with Crippen LogP contribution in [0.3, 0.4) is 0 Å². The number of hydrogen-bond acceptors (Lipinski definition) is 4. The van der Waals surface area contributed by atoms with Crippen molar-refractivity contribution in [3.05, 3.63) is 84.4 Å². The maximum absolute atomic E-state index is 12.3. The number of amides is 2. The molecule has 28 heavy (non-hydrogen) atoms. The molecule has 138 valence electrons. The minimum Gasteiger partial charge on any atom is -0.343 e. The summed E-state index contributed by atoms with van der Waals surface area (Å²) in [6, 6.07) is 24.9. The van der Waals surface area contributed by atoms with E-state index in [1.807, 2.05) is 66.7 Å². The zero-order valence-electron chi connectivity index (χ0n) is 14.9. The molecule has 0 aliphatic heterocycles. The largest absolute Gasteiger partial charge is 0.343 e. The van der Waals surface area contributed by atoms with Gasteiger partial charge in [0.1, 0.15) is 0 Å². The summed E-state index contributed by atoms with van der Waals surface area (Å²) in [4.78, 5) is 28.7. The Kier molecular flexibility index (Phi) is 5.12. The van der Waals surface area contributed by atoms with Crippen LogP contribution in [0.25, 0.3) is 21.3 Å². The van der Waals surface area contributed by atoms with Crippen molar-refractivity contribution in [1.82, 2.24) is 10.3 Å². The Labute approximate surface area is 166 Å². The number of fused-ring (bicyclic) bond motifs is 1. The molecule has 0 spiro atoms. The number of anilines is 1. The van der Waals surface area contributed by atoms with E-state index in [0.717, 1.165) is 21.3 Å². The molecular weight excluding hydrogens is 370 g/mol. The number of hydrogen-bond donors (Lipinski definition) is 2. The third-order valence-corrected chi connectivity index (χ3v) is 5.16. The quantitative estimate of drug-likeness (QED) is 0.535. The van der Waals surface area contributed by atoms with E-state index in [-0.39, 0.29) is 18.4 Å². The van der Waals surface area contributed by atoms with Gasteiger partial charge in [0.05, 0.1) is 16.8 Å². The van der Waals surface area contributed by atoms with E-state index in [0.29, 0.717) is 10.7 Å². The number of thiazole rings is 1. The number of rotatable bonds is 5. The lowest BCUT2D eigenvalue weighted by molar-refractivity contribution is -0.115. The summed E-state index contributed by atoms with van der Waals surface area (Å²) in [5.74, 6) is -0.604. The van der Waals surface area contributed by atoms with E-state index < -0.39 is 0 Å². The van der Waals surface area contributed by atoms with Gasteiger partial charge >= 0.3 is 0 Å². The van der Waals surface area contributed by atoms with Gasteiger partial charge in [0.15, 0.2) is 5.13 Å². The zero-order chi connectivity index (χ0) is 19.3. The molecule has 6 heteroatoms. The van der Waals surface area contributed by atoms with Crippen LogP contribution in [0, 0.1) is 0 Å². The predicted molar refractivity (Wildman–Crippen MR) is 112 cm³/mol. The molecule has 2 N–H and O–H groups in total. The first-order valence-corrected chi connectivity index (χ1v) is 9.60. The van der Waals surface area contributed by atoms with Crippen LogP contribution in [0.15, 0.2) is 78.9 Å². The molecule has 0 atom stereocenters. The highest BCUT2D eigenvalue weighted by molar-refractivity contribution is 7.22. The van der Waals surface area contributed by atoms with Gasteiger partial charge in [0.25, 0.3) is 5.91 Å². The molecule has 1 aromatic heterocycles. The smallest absolute Gasteiger partial charge is 0.251 e. The van der Waals surface area contributed by atoms with Crippen molar-refractivity contribution in [2.24, 2.45) is 0 Å². The van der Waals surface area contributed by atoms with Gasteiger partial charge in [-0.2, -0.15) is 0 Å². The van der Waals surface area contributed by atoms with Gasteiger partial charge in [0.2, 0.25) is 5.91 Å². The molecule has 0 aliphatic carbocycles. The van der Waals surface area contributed by atoms with Crippen LogP contribution in [0.1, 0.15) is 10.4 Å². The molecule has 0 fully saturated rings. The first kappa shape index (κ1) is 17.9. The Morgan fingerprint density at radius 3 is 2.25 bits per heavy atom. The van der Waals surface area contributed by atoms with Crippen LogP contribution in [0.2, 0.25) is 0 Å². The third kappa shape index (κ3) is 4.07. The molecule has 0 unspecified atom stereocenters. The summed E-state index contributed by atoms with van der Waals surface area (Å²) in [5.41, 5.74) is 3.47. The first-order chi connectivity index (χ1) is 13.7. The highest BCUT2D eigenvalue weighted by Gasteiger charge is 2.11. The van der Waals surface area contributed by atoms with Crippen LogP contribution in [-0.2, 0) is 4.79 Å². The molecule has 1 heterocycles. The minimum absolute atomic E-state index is 0.116. The number of carbonyl (C=O) groups excluding carboxylic acids is 2. The Hall–Kier alpha value is -3.51. The van der Waals surface area contributed by atoms with Crippen molar-refractivity contribution >= 4 is 38.5 Å². The van der Waals surface area contributed by atoms with E-state index in [1.54, 1.807) is 12.1 Å². The molecular formula is C22H17N3O2S. The summed E-state index contributed by atoms with van der Waals surface area (Å²) in [5, 5.41) is 5.88. The number of benzene rings is 3. The molecule has 3 aromatic carbocycles. The summed E-state index contributed by atoms with van der Waals surface area (Å²) < 4.78 is 1.00. The predicted octanol–water partition coefficient (Wildman–Crippen LogP) is 4.33. The van der Waals surface area contributed by atoms with Crippen LogP contribution in [-0.4, -0.2) is 23.3 Å². The fourth-order valence-corrected chi connectivity index (χ4v) is 3.68. The van der Waals surface area contributed by atoms with Gasteiger partial charge in [-0.25, -0.2) is 4.98 Å². The lowest BCUT2D eigenvalue weighted by Gasteiger charge is -2.06. The second-order valence-electron chi connectivity index (χ2n) is 6.16. The van der Waals surface area contributed by atoms with Gasteiger partial charge < -0.3 is 10.6 Å². The van der Waals surface area contributed by atoms with Crippen LogP contribution in [0.5, 0.6) is 0 Å². The standard InChI is InChI=1S/C22H17N3O2S/c26-20(25-22-24-18-8-4-5-9-19(18)28-22)14-23-21(27)17-12-10-16(11-13-17)15-6-2-1-3-7-15/h1-13H,14H2,(H,23,27)(H,24,25,26). The zero-order valence-corrected chi connectivity index (χ0v) is 15.7. The molecule has 5 nitrogen and oxygen atoms in total. The molecule has 0 saturated heterocycles. The van der Waals surface area contributed by atoms with Crippen LogP contribution in [0.4, 0.5) is 5.13 Å². The molecule has 0 bridgehead atoms. The van der Waals surface area contributed by atoms with Crippen molar-refractivity contribution in [2.45, 2.75) is 0 Å². The topological polar surface area (TPSA) is 71.1 Å². The number of aromatic nitrogens is 1. The van der Waals surface area contributed by atoms with E-state index in [2.05, 4.69) is 15.6 Å². The SMILES string of the molecule is O=C(CNC(=O)c1ccc(-c2ccccc2)cc1)Nc1nc2ccccc2s1. The van der Waals surface area contributed by atoms with Crippen LogP contribution < -0.4 is 10.6 Å². The minimum atomic E-state index is -0.312. The van der Waals surface area contributed by atoms with E-state index >= 15 is 0 Å². The molecule has 0 aliphatic rings. The maximum atomic E-state index is 12.3. The molecule has 4 aromatic rings. The van der Waals surface area contributed by atoms with E-state index in [1.165, 1.54) is 11.3 Å². The highest BCUT2D eigenvalue weighted by atomic mass is 32.1. The Bertz CT molecular complexity index is 1090. The van der Waals surface area contributed by atoms with Crippen molar-refractivity contribution < 1.29 is 9.59 Å². The molecule has 0 saturated carbocycles. The fourth-order valence-electron chi connectivity index (χ4n) is 2.80. The first-order valence-electron chi connectivity index (χ1n) is 8.78. The number of nitrogens with one attached hydrogen (secondary N) is 2. The van der Waals surface area contributed by atoms with Crippen molar-refractivity contribution in [3.63, 3.8) is 0 Å². The highest BCUT2D eigenvalue weighted by Crippen LogP contribution is 2.25. The number of para-hydroxylation sites is 1. The van der Waals surface area contributed by atoms with Crippen LogP contribution >= 0.6 is 11.3 Å². The lowest BCUT2D eigenvalue weighted by atomic mass is 10.0. The fraction of sp³-hybridized carbons (Fsp3) is 0.0455. The number of carbonyl (C=O) groups is 2. The second kappa shape index (κ2) is 8.02. The molecule has 4 rings (SSSR count). The van der Waals surface area contributed by atoms with Gasteiger partial charge in [-0.15, -0.1) is 0 Å². The number of nitrogens with zero attached hydrogens (tertiary/aromatic N) is 1. The monoisotopic (exact) mass is 387 g/mol. The summed E-state index contributed by atoms with van der Waals surface area (Å²) >= 11 is 1.40. The third-order valence-electron chi connectivity index (χ3n) is 4.20. The van der Waals surface area contributed by atoms with E-state index in [9.17, 15) is 9.59 Å². The summed E-state index contributed by atoms with van der Waals surface area (Å²) in [6.45, 7) is -0.116. The van der Waals surface area contributed by atoms with Gasteiger partial charge in [-0.1, -0.05) is 65.9 Å². The van der Waals surface area contributed by atoms with Crippen molar-refractivity contribution in [3.8, 4) is 11.1 Å². The summed E-state index contributed by atoms with van der Waals surface area (Å²) in [7, 11) is 0. The van der Waals surface area contributed by atoms with Gasteiger partial charge in [-0.05, 0) is 35.4 Å². The molecule has 0 radical (unpaired) electrons. The van der Waals surface area contributed by atoms with Crippen molar-refractivity contribution in [2.75, 3.05) is 11.9 Å². The average molecular weight is 387 g/mol. The molecule has 2 amide bonds. The normalized spacial score (nSPS) is 10.6. The lowest BCUT2D eigenvalue weighted by Crippen LogP contribution is -2.32. The van der Waals surface area contributed by atoms with Gasteiger partial charge in [-0.3, -0.25) is 9.59 Å². The Morgan fingerprint density at radius 1 is 0.821 bits per heavy atom. The average Bonchev–Trinajstić information content (AvgIpc) is 3.15. The van der Waals surface area contributed by atoms with Gasteiger partial charge in [0, 0.05) is 5.56 Å².